The molecule has 3 fully saturated rings. The van der Waals surface area contributed by atoms with Crippen molar-refractivity contribution in [3.05, 3.63) is 29.3 Å². The van der Waals surface area contributed by atoms with Gasteiger partial charge in [-0.2, -0.15) is 4.31 Å². The van der Waals surface area contributed by atoms with Crippen LogP contribution in [0.15, 0.2) is 29.2 Å². The van der Waals surface area contributed by atoms with Crippen LogP contribution in [-0.4, -0.2) is 36.0 Å². The molecule has 5 atom stereocenters. The molecule has 0 spiro atoms. The molecule has 21 heavy (non-hydrogen) atoms. The Balaban J connectivity index is 1.75. The zero-order valence-corrected chi connectivity index (χ0v) is 13.1. The third kappa shape index (κ3) is 2.05. The Hall–Kier alpha value is -0.620. The van der Waals surface area contributed by atoms with Gasteiger partial charge in [0.1, 0.15) is 0 Å². The molecule has 0 radical (unpaired) electrons. The summed E-state index contributed by atoms with van der Waals surface area (Å²) in [6, 6.07) is 6.12. The number of aliphatic hydroxyl groups excluding tert-OH is 1. The molecule has 0 amide bonds. The predicted molar refractivity (Wildman–Crippen MR) is 79.5 cm³/mol. The van der Waals surface area contributed by atoms with Crippen molar-refractivity contribution < 1.29 is 13.5 Å². The van der Waals surface area contributed by atoms with Gasteiger partial charge in [-0.1, -0.05) is 18.0 Å². The average Bonchev–Trinajstić information content (AvgIpc) is 3.26. The van der Waals surface area contributed by atoms with Crippen LogP contribution in [0.4, 0.5) is 0 Å². The van der Waals surface area contributed by atoms with Crippen molar-refractivity contribution in [2.45, 2.75) is 48.8 Å². The van der Waals surface area contributed by atoms with Crippen LogP contribution in [0.25, 0.3) is 0 Å². The Kier molecular flexibility index (Phi) is 3.12. The Labute approximate surface area is 129 Å². The second kappa shape index (κ2) is 4.69. The average molecular weight is 328 g/mol. The van der Waals surface area contributed by atoms with Crippen LogP contribution in [0.2, 0.25) is 5.02 Å². The maximum atomic E-state index is 13.0. The molecule has 2 bridgehead atoms. The van der Waals surface area contributed by atoms with E-state index in [4.69, 9.17) is 11.6 Å². The van der Waals surface area contributed by atoms with Crippen LogP contribution in [0.3, 0.4) is 0 Å². The first kappa shape index (κ1) is 14.0. The molecule has 2 aliphatic heterocycles. The first-order chi connectivity index (χ1) is 10.00. The molecule has 2 heterocycles. The molecule has 1 aromatic rings. The van der Waals surface area contributed by atoms with E-state index in [0.717, 1.165) is 25.7 Å². The minimum atomic E-state index is -3.56. The summed E-state index contributed by atoms with van der Waals surface area (Å²) < 4.78 is 27.6. The van der Waals surface area contributed by atoms with E-state index in [9.17, 15) is 13.5 Å². The third-order valence-electron chi connectivity index (χ3n) is 5.26. The number of hydrogen-bond acceptors (Lipinski definition) is 3. The van der Waals surface area contributed by atoms with Crippen LogP contribution in [0, 0.1) is 11.8 Å². The normalized spacial score (nSPS) is 38.9. The zero-order chi connectivity index (χ0) is 14.8. The van der Waals surface area contributed by atoms with Gasteiger partial charge < -0.3 is 5.11 Å². The first-order valence-corrected chi connectivity index (χ1v) is 9.29. The Morgan fingerprint density at radius 3 is 2.48 bits per heavy atom. The van der Waals surface area contributed by atoms with Gasteiger partial charge in [0.2, 0.25) is 10.0 Å². The Morgan fingerprint density at radius 2 is 1.76 bits per heavy atom. The summed E-state index contributed by atoms with van der Waals surface area (Å²) in [5, 5.41) is 11.0. The molecule has 4 rings (SSSR count). The second-order valence-electron chi connectivity index (χ2n) is 6.41. The van der Waals surface area contributed by atoms with E-state index in [1.807, 2.05) is 0 Å². The molecule has 6 heteroatoms. The highest BCUT2D eigenvalue weighted by molar-refractivity contribution is 7.89. The number of halogens is 1. The molecule has 4 unspecified atom stereocenters. The number of fused-ring (bicyclic) bond motifs is 4. The lowest BCUT2D eigenvalue weighted by atomic mass is 9.85. The fraction of sp³-hybridized carbons (Fsp3) is 0.600. The summed E-state index contributed by atoms with van der Waals surface area (Å²) in [7, 11) is -3.56. The van der Waals surface area contributed by atoms with Crippen LogP contribution in [0.5, 0.6) is 0 Å². The number of piperidine rings is 2. The highest BCUT2D eigenvalue weighted by atomic mass is 35.5. The fourth-order valence-electron chi connectivity index (χ4n) is 4.20. The van der Waals surface area contributed by atoms with Gasteiger partial charge in [0.25, 0.3) is 0 Å². The predicted octanol–water partition coefficient (Wildman–Crippen LogP) is 2.26. The van der Waals surface area contributed by atoms with Gasteiger partial charge in [-0.15, -0.1) is 0 Å². The number of aliphatic hydroxyl groups is 1. The smallest absolute Gasteiger partial charge is 0.243 e. The quantitative estimate of drug-likeness (QED) is 0.906. The van der Waals surface area contributed by atoms with Gasteiger partial charge in [-0.05, 0) is 55.4 Å². The highest BCUT2D eigenvalue weighted by Gasteiger charge is 2.61. The molecular weight excluding hydrogens is 310 g/mol. The highest BCUT2D eigenvalue weighted by Crippen LogP contribution is 2.56. The van der Waals surface area contributed by atoms with E-state index in [1.165, 1.54) is 0 Å². The van der Waals surface area contributed by atoms with Crippen molar-refractivity contribution in [2.24, 2.45) is 11.8 Å². The lowest BCUT2D eigenvalue weighted by Crippen LogP contribution is -2.59. The SMILES string of the molecule is O=S(=O)(c1ccc(Cl)cc1)N1C2CCCC1[C@@H](O)C1CC12. The molecule has 4 nitrogen and oxygen atoms in total. The standard InChI is InChI=1S/C15H18ClNO3S/c16-9-4-6-10(7-5-9)21(19,20)17-13-2-1-3-14(17)15(18)12-8-11(12)13/h4-7,11-15,18H,1-3,8H2/t11?,12?,13?,14?,15-/m0/s1. The number of sulfonamides is 1. The van der Waals surface area contributed by atoms with Crippen molar-refractivity contribution in [2.75, 3.05) is 0 Å². The fourth-order valence-corrected chi connectivity index (χ4v) is 6.26. The van der Waals surface area contributed by atoms with E-state index in [0.29, 0.717) is 16.9 Å². The zero-order valence-electron chi connectivity index (χ0n) is 11.5. The van der Waals surface area contributed by atoms with Crippen LogP contribution in [-0.2, 0) is 10.0 Å². The summed E-state index contributed by atoms with van der Waals surface area (Å²) in [6.45, 7) is 0. The molecule has 1 aromatic carbocycles. The molecule has 0 aromatic heterocycles. The lowest BCUT2D eigenvalue weighted by molar-refractivity contribution is -0.00849. The number of hydrogen-bond donors (Lipinski definition) is 1. The molecule has 2 saturated heterocycles. The van der Waals surface area contributed by atoms with Gasteiger partial charge in [-0.25, -0.2) is 8.42 Å². The number of benzene rings is 1. The number of nitrogens with zero attached hydrogens (tertiary/aromatic N) is 1. The molecule has 3 aliphatic rings. The molecule has 1 aliphatic carbocycles. The number of rotatable bonds is 2. The van der Waals surface area contributed by atoms with Gasteiger partial charge in [0.05, 0.1) is 17.0 Å². The van der Waals surface area contributed by atoms with Crippen molar-refractivity contribution in [3.8, 4) is 0 Å². The van der Waals surface area contributed by atoms with Crippen molar-refractivity contribution in [1.82, 2.24) is 4.31 Å². The minimum absolute atomic E-state index is 0.0674. The summed E-state index contributed by atoms with van der Waals surface area (Å²) in [4.78, 5) is 0.273. The monoisotopic (exact) mass is 327 g/mol. The van der Waals surface area contributed by atoms with E-state index in [1.54, 1.807) is 28.6 Å². The van der Waals surface area contributed by atoms with Crippen molar-refractivity contribution in [1.29, 1.82) is 0 Å². The van der Waals surface area contributed by atoms with Crippen molar-refractivity contribution >= 4 is 21.6 Å². The van der Waals surface area contributed by atoms with E-state index in [-0.39, 0.29) is 17.0 Å². The maximum Gasteiger partial charge on any atom is 0.243 e. The molecule has 114 valence electrons. The van der Waals surface area contributed by atoms with Crippen LogP contribution in [0.1, 0.15) is 25.7 Å². The summed E-state index contributed by atoms with van der Waals surface area (Å²) in [5.74, 6) is 0.663. The summed E-state index contributed by atoms with van der Waals surface area (Å²) >= 11 is 5.85. The van der Waals surface area contributed by atoms with E-state index >= 15 is 0 Å². The Bertz CT molecular complexity index is 660. The third-order valence-corrected chi connectivity index (χ3v) is 7.48. The summed E-state index contributed by atoms with van der Waals surface area (Å²) in [6.07, 6.45) is 3.14. The topological polar surface area (TPSA) is 57.6 Å². The second-order valence-corrected chi connectivity index (χ2v) is 8.69. The van der Waals surface area contributed by atoms with Gasteiger partial charge in [0, 0.05) is 11.1 Å². The molecule has 1 N–H and O–H groups in total. The molecular formula is C15H18ClNO3S. The van der Waals surface area contributed by atoms with Gasteiger partial charge >= 0.3 is 0 Å². The lowest BCUT2D eigenvalue weighted by Gasteiger charge is -2.46. The Morgan fingerprint density at radius 1 is 1.10 bits per heavy atom. The van der Waals surface area contributed by atoms with Crippen LogP contribution >= 0.6 is 11.6 Å². The van der Waals surface area contributed by atoms with Crippen molar-refractivity contribution in [3.63, 3.8) is 0 Å². The van der Waals surface area contributed by atoms with Crippen LogP contribution < -0.4 is 0 Å². The largest absolute Gasteiger partial charge is 0.391 e. The maximum absolute atomic E-state index is 13.0. The van der Waals surface area contributed by atoms with Gasteiger partial charge in [0.15, 0.2) is 0 Å². The minimum Gasteiger partial charge on any atom is -0.391 e. The summed E-state index contributed by atoms with van der Waals surface area (Å²) in [5.41, 5.74) is 0. The first-order valence-electron chi connectivity index (χ1n) is 7.47. The van der Waals surface area contributed by atoms with E-state index in [2.05, 4.69) is 0 Å². The molecule has 1 saturated carbocycles. The van der Waals surface area contributed by atoms with E-state index < -0.39 is 16.1 Å². The van der Waals surface area contributed by atoms with Gasteiger partial charge in [-0.3, -0.25) is 0 Å².